The van der Waals surface area contributed by atoms with Crippen LogP contribution >= 0.6 is 54.5 Å². The van der Waals surface area contributed by atoms with Gasteiger partial charge in [0.1, 0.15) is 22.3 Å². The van der Waals surface area contributed by atoms with Crippen molar-refractivity contribution >= 4 is 184 Å². The fourth-order valence-corrected chi connectivity index (χ4v) is 29.5. The Labute approximate surface area is 765 Å². The van der Waals surface area contributed by atoms with Gasteiger partial charge in [0.25, 0.3) is 0 Å². The summed E-state index contributed by atoms with van der Waals surface area (Å²) in [6, 6.07) is 106. The summed E-state index contributed by atoms with van der Waals surface area (Å²) in [5.41, 5.74) is 29.5. The average molecular weight is 1810 g/mol. The molecule has 8 bridgehead atoms. The molecule has 628 valence electrons. The second kappa shape index (κ2) is 29.8. The van der Waals surface area contributed by atoms with E-state index in [9.17, 15) is 0 Å². The van der Waals surface area contributed by atoms with Gasteiger partial charge in [0.15, 0.2) is 0 Å². The smallest absolute Gasteiger partial charge is 0.145 e. The Balaban J connectivity index is 0.000000135. The zero-order valence-electron chi connectivity index (χ0n) is 72.6. The van der Waals surface area contributed by atoms with Gasteiger partial charge in [-0.2, -0.15) is 0 Å². The molecular formula is C117H107Br2N3O2S2. The van der Waals surface area contributed by atoms with E-state index in [0.717, 1.165) is 78.9 Å². The topological polar surface area (TPSA) is 44.8 Å². The molecule has 14 aromatic carbocycles. The minimum absolute atomic E-state index is 0. The minimum Gasteiger partial charge on any atom is -0.455 e. The Morgan fingerprint density at radius 3 is 1.20 bits per heavy atom. The lowest BCUT2D eigenvalue weighted by Crippen LogP contribution is -2.55. The predicted molar refractivity (Wildman–Crippen MR) is 544 cm³/mol. The fraction of sp³-hybridized carbons (Fsp3) is 0.282. The second-order valence-corrected chi connectivity index (χ2v) is 45.0. The Kier molecular flexibility index (Phi) is 18.9. The first-order valence-corrected chi connectivity index (χ1v) is 48.9. The zero-order chi connectivity index (χ0) is 84.5. The molecule has 0 radical (unpaired) electrons. The highest BCUT2D eigenvalue weighted by molar-refractivity contribution is 9.11. The molecule has 10 aliphatic rings. The van der Waals surface area contributed by atoms with E-state index in [4.69, 9.17) is 8.83 Å². The molecule has 8 fully saturated rings. The molecule has 126 heavy (non-hydrogen) atoms. The molecule has 8 saturated carbocycles. The van der Waals surface area contributed by atoms with Crippen molar-refractivity contribution in [1.82, 2.24) is 0 Å². The molecule has 0 atom stereocenters. The zero-order valence-corrected chi connectivity index (χ0v) is 77.4. The molecule has 5 nitrogen and oxygen atoms in total. The van der Waals surface area contributed by atoms with Crippen molar-refractivity contribution in [3.63, 3.8) is 0 Å². The van der Waals surface area contributed by atoms with Crippen LogP contribution in [0.25, 0.3) is 106 Å². The SMILES string of the molecule is Brc1ccc2c(c1)sc1ccc3c(c12)C1(c2cc(Br)c4c(oc5ccccc54)c2-3)C2CC3CC(C2)CC1C3.C.CC(C)(C)c1ccc(N(c2ccccc2)c2ccc3c(c2)sc2ccc4c(c23)C2(c3cc(N(c5ccccc5)c5ccc(C(C)(C)C)cc5)c5c(oc6ccccc65)c3-4)C3CC4CC(C3)CC2C4)cc1.CC(C)(C)c1ccc(Nc2ccccc2)cc1. The van der Waals surface area contributed by atoms with E-state index in [-0.39, 0.29) is 34.5 Å². The summed E-state index contributed by atoms with van der Waals surface area (Å²) in [5, 5.41) is 14.0. The van der Waals surface area contributed by atoms with Gasteiger partial charge in [0.2, 0.25) is 0 Å². The Morgan fingerprint density at radius 2 is 0.714 bits per heavy atom. The van der Waals surface area contributed by atoms with Crippen molar-refractivity contribution in [2.75, 3.05) is 15.1 Å². The van der Waals surface area contributed by atoms with E-state index in [0.29, 0.717) is 23.7 Å². The highest BCUT2D eigenvalue weighted by atomic mass is 79.9. The molecule has 0 amide bonds. The third kappa shape index (κ3) is 12.5. The van der Waals surface area contributed by atoms with Gasteiger partial charge in [-0.1, -0.05) is 253 Å². The van der Waals surface area contributed by atoms with Crippen molar-refractivity contribution < 1.29 is 8.83 Å². The van der Waals surface area contributed by atoms with Crippen molar-refractivity contribution in [2.24, 2.45) is 47.3 Å². The van der Waals surface area contributed by atoms with Crippen molar-refractivity contribution in [2.45, 2.75) is 161 Å². The van der Waals surface area contributed by atoms with Crippen molar-refractivity contribution in [3.8, 4) is 22.3 Å². The molecule has 2 spiro atoms. The molecule has 18 aromatic rings. The quantitative estimate of drug-likeness (QED) is 0.164. The van der Waals surface area contributed by atoms with Gasteiger partial charge in [-0.25, -0.2) is 0 Å². The van der Waals surface area contributed by atoms with Gasteiger partial charge in [-0.3, -0.25) is 0 Å². The van der Waals surface area contributed by atoms with Gasteiger partial charge >= 0.3 is 0 Å². The van der Waals surface area contributed by atoms with Crippen LogP contribution < -0.4 is 15.1 Å². The molecule has 0 unspecified atom stereocenters. The van der Waals surface area contributed by atoms with E-state index < -0.39 is 0 Å². The van der Waals surface area contributed by atoms with Crippen molar-refractivity contribution in [1.29, 1.82) is 0 Å². The third-order valence-electron chi connectivity index (χ3n) is 30.9. The summed E-state index contributed by atoms with van der Waals surface area (Å²) in [7, 11) is 0. The maximum atomic E-state index is 7.37. The molecule has 10 aliphatic carbocycles. The van der Waals surface area contributed by atoms with Crippen LogP contribution in [0.5, 0.6) is 0 Å². The predicted octanol–water partition coefficient (Wildman–Crippen LogP) is 35.8. The number of anilines is 8. The lowest BCUT2D eigenvalue weighted by Gasteiger charge is -2.61. The lowest BCUT2D eigenvalue weighted by molar-refractivity contribution is -0.0393. The number of benzene rings is 14. The molecule has 0 saturated heterocycles. The molecule has 28 rings (SSSR count). The van der Waals surface area contributed by atoms with Gasteiger partial charge in [0.05, 0.1) is 11.1 Å². The summed E-state index contributed by atoms with van der Waals surface area (Å²) in [6.45, 7) is 20.5. The van der Waals surface area contributed by atoms with Crippen LogP contribution in [-0.4, -0.2) is 0 Å². The molecule has 9 heteroatoms. The summed E-state index contributed by atoms with van der Waals surface area (Å²) >= 11 is 11.7. The number of nitrogens with zero attached hydrogens (tertiary/aromatic N) is 2. The van der Waals surface area contributed by atoms with E-state index >= 15 is 0 Å². The molecule has 4 heterocycles. The fourth-order valence-electron chi connectivity index (χ4n) is 26.0. The number of fused-ring (bicyclic) bond motifs is 22. The highest BCUT2D eigenvalue weighted by Crippen LogP contribution is 2.75. The Bertz CT molecular complexity index is 7300. The Hall–Kier alpha value is -10.5. The number of halogens is 2. The van der Waals surface area contributed by atoms with E-state index in [2.05, 4.69) is 376 Å². The third-order valence-corrected chi connectivity index (χ3v) is 34.2. The first kappa shape index (κ1) is 80.1. The molecule has 4 aromatic heterocycles. The summed E-state index contributed by atoms with van der Waals surface area (Å²) in [4.78, 5) is 4.97. The van der Waals surface area contributed by atoms with Crippen LogP contribution in [0.3, 0.4) is 0 Å². The van der Waals surface area contributed by atoms with E-state index in [1.807, 2.05) is 40.9 Å². The van der Waals surface area contributed by atoms with E-state index in [1.165, 1.54) is 192 Å². The van der Waals surface area contributed by atoms with Gasteiger partial charge in [-0.05, 0) is 311 Å². The molecular weight excluding hydrogens is 1700 g/mol. The van der Waals surface area contributed by atoms with Crippen molar-refractivity contribution in [3.05, 3.63) is 333 Å². The highest BCUT2D eigenvalue weighted by Gasteiger charge is 2.65. The number of thiophene rings is 2. The van der Waals surface area contributed by atoms with Crippen LogP contribution in [0.2, 0.25) is 0 Å². The van der Waals surface area contributed by atoms with Gasteiger partial charge in [0, 0.05) is 127 Å². The summed E-state index contributed by atoms with van der Waals surface area (Å²) in [5.74, 6) is 6.04. The van der Waals surface area contributed by atoms with Crippen LogP contribution in [0.4, 0.5) is 45.5 Å². The maximum Gasteiger partial charge on any atom is 0.145 e. The number of nitrogens with one attached hydrogen (secondary N) is 1. The van der Waals surface area contributed by atoms with E-state index in [1.54, 1.807) is 16.7 Å². The number of hydrogen-bond acceptors (Lipinski definition) is 7. The first-order valence-electron chi connectivity index (χ1n) is 45.7. The minimum atomic E-state index is -0.129. The van der Waals surface area contributed by atoms with Crippen LogP contribution in [0.1, 0.15) is 173 Å². The standard InChI is InChI=1S/C66H60N2OS.C34H24Br2OS.C16H19N.CH4/c1-64(2,3)42-21-25-48(26-22-42)67(46-15-9-7-10-16-46)50-29-30-52-58(38-50)70-57-32-31-53-59-54(66(62(53)61(52)57)44-34-40-33-41(36-44)37-45(66)35-40)39-55(60-51-19-13-14-20-56(51)69-63(59)60)68(47-17-11-8-12-18-47)49-27-23-43(24-28-49)65(4,5)6;35-20-5-6-22-28(14-20)38-27-8-7-23-29-24(15-25(36)30-21-3-1-2-4-26(21)37-33(29)30)34(32(23)31(22)27)18-10-16-9-17(12-18)13-19(34)11-16;1-16(2,3)13-9-11-15(12-10-13)17-14-7-5-4-6-8-14;/h7-32,38-41,44-45H,33-37H2,1-6H3;1-8,14-19H,9-13H2;4-12,17H,1-3H3;1H4. The second-order valence-electron chi connectivity index (χ2n) is 41.1. The molecule has 1 N–H and O–H groups in total. The summed E-state index contributed by atoms with van der Waals surface area (Å²) < 4.78 is 22.0. The maximum absolute atomic E-state index is 7.37. The monoisotopic (exact) mass is 1810 g/mol. The number of rotatable bonds is 8. The van der Waals surface area contributed by atoms with Gasteiger partial charge < -0.3 is 24.0 Å². The number of furan rings is 2. The molecule has 0 aliphatic heterocycles. The number of para-hydroxylation sites is 5. The van der Waals surface area contributed by atoms with Crippen LogP contribution in [-0.2, 0) is 27.1 Å². The average Bonchev–Trinajstić information content (AvgIpc) is 1.49. The van der Waals surface area contributed by atoms with Crippen LogP contribution in [0.15, 0.2) is 303 Å². The lowest BCUT2D eigenvalue weighted by atomic mass is 9.43. The summed E-state index contributed by atoms with van der Waals surface area (Å²) in [6.07, 6.45) is 13.6. The number of hydrogen-bond donors (Lipinski definition) is 1. The van der Waals surface area contributed by atoms with Crippen LogP contribution in [0, 0.1) is 47.3 Å². The normalized spacial score (nSPS) is 22.1. The Morgan fingerprint density at radius 1 is 0.333 bits per heavy atom. The van der Waals surface area contributed by atoms with Gasteiger partial charge in [-0.15, -0.1) is 22.7 Å². The largest absolute Gasteiger partial charge is 0.455 e. The first-order chi connectivity index (χ1) is 60.6.